The number of allylic oxidation sites excluding steroid dienone is 2. The highest BCUT2D eigenvalue weighted by Crippen LogP contribution is 2.43. The number of hydrogen-bond donors (Lipinski definition) is 4. The molecule has 0 fully saturated rings. The summed E-state index contributed by atoms with van der Waals surface area (Å²) in [7, 11) is -4.40. The third-order valence-electron chi connectivity index (χ3n) is 9.35. The van der Waals surface area contributed by atoms with Crippen LogP contribution in [0.25, 0.3) is 0 Å². The van der Waals surface area contributed by atoms with E-state index in [0.29, 0.717) is 25.7 Å². The van der Waals surface area contributed by atoms with Gasteiger partial charge in [-0.05, 0) is 51.4 Å². The van der Waals surface area contributed by atoms with Gasteiger partial charge in [-0.15, -0.1) is 0 Å². The van der Waals surface area contributed by atoms with Gasteiger partial charge in [0.05, 0.1) is 25.4 Å². The van der Waals surface area contributed by atoms with Gasteiger partial charge < -0.3 is 30.3 Å². The predicted octanol–water partition coefficient (Wildman–Crippen LogP) is 9.77. The zero-order valence-electron chi connectivity index (χ0n) is 33.7. The van der Waals surface area contributed by atoms with E-state index in [1.54, 1.807) is 0 Å². The smallest absolute Gasteiger partial charge is 0.462 e. The summed E-state index contributed by atoms with van der Waals surface area (Å²) in [6.07, 6.45) is 29.8. The molecule has 0 aromatic rings. The molecule has 0 rings (SSSR count). The molecule has 0 saturated carbocycles. The lowest BCUT2D eigenvalue weighted by Gasteiger charge is -2.20. The molecule has 4 unspecified atom stereocenters. The van der Waals surface area contributed by atoms with Gasteiger partial charge in [0.2, 0.25) is 0 Å². The third-order valence-corrected chi connectivity index (χ3v) is 10.3. The van der Waals surface area contributed by atoms with Gasteiger partial charge in [0, 0.05) is 19.4 Å². The number of rotatable bonds is 40. The first-order valence-electron chi connectivity index (χ1n) is 21.3. The van der Waals surface area contributed by atoms with Gasteiger partial charge >= 0.3 is 19.8 Å². The first kappa shape index (κ1) is 51.7. The summed E-state index contributed by atoms with van der Waals surface area (Å²) in [5.74, 6) is -0.909. The predicted molar refractivity (Wildman–Crippen MR) is 213 cm³/mol. The fourth-order valence-electron chi connectivity index (χ4n) is 6.01. The molecule has 0 amide bonds. The van der Waals surface area contributed by atoms with E-state index in [2.05, 4.69) is 26.0 Å². The lowest BCUT2D eigenvalue weighted by Crippen LogP contribution is -2.29. The lowest BCUT2D eigenvalue weighted by molar-refractivity contribution is -0.161. The van der Waals surface area contributed by atoms with Crippen molar-refractivity contribution in [1.29, 1.82) is 0 Å². The topological polar surface area (TPSA) is 175 Å². The highest BCUT2D eigenvalue weighted by Gasteiger charge is 2.26. The van der Waals surface area contributed by atoms with Crippen LogP contribution in [0.2, 0.25) is 0 Å². The van der Waals surface area contributed by atoms with Crippen LogP contribution in [0.3, 0.4) is 0 Å². The Balaban J connectivity index is 4.24. The molecule has 0 aliphatic rings. The van der Waals surface area contributed by atoms with Crippen molar-refractivity contribution in [3.8, 4) is 0 Å². The summed E-state index contributed by atoms with van der Waals surface area (Å²) >= 11 is 0. The molecular formula is C41H80NO10P. The first-order chi connectivity index (χ1) is 25.6. The molecule has 12 heteroatoms. The number of phosphoric ester groups is 1. The van der Waals surface area contributed by atoms with Crippen LogP contribution in [0.4, 0.5) is 0 Å². The molecular weight excluding hydrogens is 697 g/mol. The summed E-state index contributed by atoms with van der Waals surface area (Å²) in [5, 5.41) is 20.3. The van der Waals surface area contributed by atoms with E-state index in [9.17, 15) is 29.3 Å². The molecule has 0 spiro atoms. The number of unbranched alkanes of at least 4 members (excludes halogenated alkanes) is 20. The van der Waals surface area contributed by atoms with Crippen LogP contribution < -0.4 is 5.73 Å². The summed E-state index contributed by atoms with van der Waals surface area (Å²) in [6.45, 7) is 3.51. The average molecular weight is 778 g/mol. The molecule has 53 heavy (non-hydrogen) atoms. The third kappa shape index (κ3) is 36.1. The number of hydrogen-bond acceptors (Lipinski definition) is 10. The number of nitrogens with two attached hydrogens (primary N) is 1. The van der Waals surface area contributed by atoms with Crippen molar-refractivity contribution in [3.05, 3.63) is 12.2 Å². The van der Waals surface area contributed by atoms with E-state index in [1.807, 2.05) is 0 Å². The first-order valence-corrected chi connectivity index (χ1v) is 22.8. The molecule has 4 atom stereocenters. The average Bonchev–Trinajstić information content (AvgIpc) is 3.14. The molecule has 0 aliphatic heterocycles. The standard InChI is InChI=1S/C41H80NO10P/c1-3-5-7-9-10-11-12-13-14-15-16-17-20-23-27-31-40(45)49-35-37(36-51-53(47,48)50-34-33-42)52-41(46)32-28-24-21-18-19-22-26-30-39(44)38(43)29-25-8-6-4-2/h13-14,37-39,43-44H,3-12,15-36,42H2,1-2H3,(H,47,48)/b14-13-. The number of esters is 2. The van der Waals surface area contributed by atoms with Gasteiger partial charge in [0.15, 0.2) is 6.10 Å². The summed E-state index contributed by atoms with van der Waals surface area (Å²) in [6, 6.07) is 0. The quantitative estimate of drug-likeness (QED) is 0.0202. The summed E-state index contributed by atoms with van der Waals surface area (Å²) in [5.41, 5.74) is 5.33. The van der Waals surface area contributed by atoms with Crippen molar-refractivity contribution < 1.29 is 47.8 Å². The second kappa shape index (κ2) is 37.6. The van der Waals surface area contributed by atoms with E-state index < -0.39 is 44.7 Å². The SMILES string of the molecule is CCCCCCCC/C=C\CCCCCCCC(=O)OCC(COP(=O)(O)OCCN)OC(=O)CCCCCCCCCC(O)C(O)CCCCCC. The highest BCUT2D eigenvalue weighted by molar-refractivity contribution is 7.47. The lowest BCUT2D eigenvalue weighted by atomic mass is 10.00. The molecule has 0 aromatic carbocycles. The van der Waals surface area contributed by atoms with Gasteiger partial charge in [-0.25, -0.2) is 4.57 Å². The van der Waals surface area contributed by atoms with Gasteiger partial charge in [-0.2, -0.15) is 0 Å². The Morgan fingerprint density at radius 2 is 1.04 bits per heavy atom. The number of phosphoric acid groups is 1. The molecule has 0 saturated heterocycles. The van der Waals surface area contributed by atoms with Crippen LogP contribution >= 0.6 is 7.82 Å². The van der Waals surface area contributed by atoms with Crippen LogP contribution in [-0.4, -0.2) is 71.7 Å². The molecule has 5 N–H and O–H groups in total. The fourth-order valence-corrected chi connectivity index (χ4v) is 6.78. The fraction of sp³-hybridized carbons (Fsp3) is 0.902. The van der Waals surface area contributed by atoms with Crippen molar-refractivity contribution >= 4 is 19.8 Å². The van der Waals surface area contributed by atoms with E-state index in [4.69, 9.17) is 24.3 Å². The van der Waals surface area contributed by atoms with E-state index in [0.717, 1.165) is 96.3 Å². The second-order valence-corrected chi connectivity index (χ2v) is 16.0. The Labute approximate surface area is 323 Å². The van der Waals surface area contributed by atoms with Crippen LogP contribution in [0, 0.1) is 0 Å². The molecule has 0 aliphatic carbocycles. The van der Waals surface area contributed by atoms with Gasteiger partial charge in [0.1, 0.15) is 6.61 Å². The van der Waals surface area contributed by atoms with E-state index in [1.165, 1.54) is 44.9 Å². The Morgan fingerprint density at radius 1 is 0.604 bits per heavy atom. The van der Waals surface area contributed by atoms with E-state index in [-0.39, 0.29) is 32.6 Å². The molecule has 0 heterocycles. The van der Waals surface area contributed by atoms with Gasteiger partial charge in [-0.3, -0.25) is 18.6 Å². The van der Waals surface area contributed by atoms with Gasteiger partial charge in [0.25, 0.3) is 0 Å². The number of ether oxygens (including phenoxy) is 2. The van der Waals surface area contributed by atoms with Crippen molar-refractivity contribution in [2.75, 3.05) is 26.4 Å². The van der Waals surface area contributed by atoms with Crippen LogP contribution in [0.1, 0.15) is 194 Å². The maximum atomic E-state index is 12.6. The maximum Gasteiger partial charge on any atom is 0.472 e. The molecule has 0 aromatic heterocycles. The maximum absolute atomic E-state index is 12.6. The summed E-state index contributed by atoms with van der Waals surface area (Å²) < 4.78 is 32.7. The Bertz CT molecular complexity index is 921. The molecule has 11 nitrogen and oxygen atoms in total. The number of aliphatic hydroxyl groups excluding tert-OH is 2. The van der Waals surface area contributed by atoms with Crippen LogP contribution in [-0.2, 0) is 32.7 Å². The monoisotopic (exact) mass is 778 g/mol. The van der Waals surface area contributed by atoms with Crippen LogP contribution in [0.5, 0.6) is 0 Å². The highest BCUT2D eigenvalue weighted by atomic mass is 31.2. The van der Waals surface area contributed by atoms with Gasteiger partial charge in [-0.1, -0.05) is 142 Å². The zero-order valence-corrected chi connectivity index (χ0v) is 34.6. The Kier molecular flexibility index (Phi) is 36.6. The second-order valence-electron chi connectivity index (χ2n) is 14.5. The Hall–Kier alpha value is -1.33. The summed E-state index contributed by atoms with van der Waals surface area (Å²) in [4.78, 5) is 34.8. The largest absolute Gasteiger partial charge is 0.472 e. The minimum absolute atomic E-state index is 0.0345. The van der Waals surface area contributed by atoms with Crippen molar-refractivity contribution in [1.82, 2.24) is 0 Å². The zero-order chi connectivity index (χ0) is 39.3. The van der Waals surface area contributed by atoms with Crippen molar-refractivity contribution in [2.24, 2.45) is 5.73 Å². The number of carbonyl (C=O) groups excluding carboxylic acids is 2. The molecule has 0 radical (unpaired) electrons. The number of carbonyl (C=O) groups is 2. The molecule has 314 valence electrons. The Morgan fingerprint density at radius 3 is 1.55 bits per heavy atom. The van der Waals surface area contributed by atoms with Crippen LogP contribution in [0.15, 0.2) is 12.2 Å². The number of aliphatic hydroxyl groups is 2. The van der Waals surface area contributed by atoms with Crippen molar-refractivity contribution in [2.45, 2.75) is 212 Å². The minimum Gasteiger partial charge on any atom is -0.462 e. The molecule has 0 bridgehead atoms. The minimum atomic E-state index is -4.40. The normalized spacial score (nSPS) is 14.6. The van der Waals surface area contributed by atoms with Crippen molar-refractivity contribution in [3.63, 3.8) is 0 Å². The van der Waals surface area contributed by atoms with E-state index >= 15 is 0 Å².